The van der Waals surface area contributed by atoms with Crippen LogP contribution in [0, 0.1) is 5.82 Å². The van der Waals surface area contributed by atoms with Gasteiger partial charge in [0, 0.05) is 18.3 Å². The summed E-state index contributed by atoms with van der Waals surface area (Å²) in [7, 11) is 1.56. The van der Waals surface area contributed by atoms with Crippen molar-refractivity contribution in [2.75, 3.05) is 24.3 Å². The second kappa shape index (κ2) is 4.42. The Labute approximate surface area is 110 Å². The van der Waals surface area contributed by atoms with Crippen molar-refractivity contribution in [3.05, 3.63) is 41.7 Å². The molecule has 0 unspecified atom stereocenters. The number of fused-ring (bicyclic) bond motifs is 1. The number of aromatic nitrogens is 1. The summed E-state index contributed by atoms with van der Waals surface area (Å²) >= 11 is 0. The van der Waals surface area contributed by atoms with Gasteiger partial charge in [0.25, 0.3) is 0 Å². The molecule has 0 aliphatic carbocycles. The second-order valence-electron chi connectivity index (χ2n) is 4.44. The van der Waals surface area contributed by atoms with E-state index in [-0.39, 0.29) is 5.82 Å². The lowest BCUT2D eigenvalue weighted by Crippen LogP contribution is -2.17. The van der Waals surface area contributed by atoms with E-state index >= 15 is 0 Å². The summed E-state index contributed by atoms with van der Waals surface area (Å²) in [6, 6.07) is 8.26. The van der Waals surface area contributed by atoms with Crippen molar-refractivity contribution in [3.8, 4) is 5.88 Å². The number of halogens is 1. The van der Waals surface area contributed by atoms with E-state index in [0.29, 0.717) is 17.4 Å². The fourth-order valence-corrected chi connectivity index (χ4v) is 2.34. The molecule has 0 bridgehead atoms. The van der Waals surface area contributed by atoms with Gasteiger partial charge in [-0.3, -0.25) is 0 Å². The Morgan fingerprint density at radius 1 is 1.32 bits per heavy atom. The highest BCUT2D eigenvalue weighted by atomic mass is 19.1. The molecular formula is C14H14FN3O. The van der Waals surface area contributed by atoms with Crippen LogP contribution in [0.5, 0.6) is 5.88 Å². The third-order valence-electron chi connectivity index (χ3n) is 3.29. The standard InChI is InChI=1S/C14H14FN3O/c1-19-13-5-4-11(16)14(17-13)18-7-6-9-2-3-10(15)8-12(9)18/h2-5,8H,6-7,16H2,1H3. The number of nitrogens with zero attached hydrogens (tertiary/aromatic N) is 2. The van der Waals surface area contributed by atoms with Gasteiger partial charge in [0.15, 0.2) is 5.82 Å². The Morgan fingerprint density at radius 3 is 2.95 bits per heavy atom. The Kier molecular flexibility index (Phi) is 2.74. The zero-order chi connectivity index (χ0) is 13.4. The van der Waals surface area contributed by atoms with E-state index < -0.39 is 0 Å². The third-order valence-corrected chi connectivity index (χ3v) is 3.29. The molecule has 0 spiro atoms. The monoisotopic (exact) mass is 259 g/mol. The van der Waals surface area contributed by atoms with Crippen molar-refractivity contribution in [2.24, 2.45) is 0 Å². The summed E-state index contributed by atoms with van der Waals surface area (Å²) in [5.41, 5.74) is 8.45. The highest BCUT2D eigenvalue weighted by molar-refractivity contribution is 5.75. The molecule has 1 aliphatic rings. The van der Waals surface area contributed by atoms with Gasteiger partial charge in [0.2, 0.25) is 5.88 Å². The summed E-state index contributed by atoms with van der Waals surface area (Å²) in [6.07, 6.45) is 0.855. The SMILES string of the molecule is COc1ccc(N)c(N2CCc3ccc(F)cc32)n1. The van der Waals surface area contributed by atoms with Crippen LogP contribution in [0.1, 0.15) is 5.56 Å². The van der Waals surface area contributed by atoms with Crippen LogP contribution in [0.15, 0.2) is 30.3 Å². The first-order valence-electron chi connectivity index (χ1n) is 6.05. The molecule has 0 amide bonds. The summed E-state index contributed by atoms with van der Waals surface area (Å²) in [5, 5.41) is 0. The van der Waals surface area contributed by atoms with Crippen LogP contribution >= 0.6 is 0 Å². The average Bonchev–Trinajstić information content (AvgIpc) is 2.82. The van der Waals surface area contributed by atoms with Crippen LogP contribution in [0.4, 0.5) is 21.6 Å². The Hall–Kier alpha value is -2.30. The number of hydrogen-bond acceptors (Lipinski definition) is 4. The lowest BCUT2D eigenvalue weighted by molar-refractivity contribution is 0.398. The molecule has 1 aromatic carbocycles. The van der Waals surface area contributed by atoms with Gasteiger partial charge in [-0.05, 0) is 30.2 Å². The summed E-state index contributed by atoms with van der Waals surface area (Å²) < 4.78 is 18.5. The first-order chi connectivity index (χ1) is 9.19. The third kappa shape index (κ3) is 1.97. The molecule has 1 aliphatic heterocycles. The van der Waals surface area contributed by atoms with Crippen molar-refractivity contribution in [3.63, 3.8) is 0 Å². The molecule has 0 saturated carbocycles. The maximum Gasteiger partial charge on any atom is 0.215 e. The molecule has 0 saturated heterocycles. The molecule has 0 fully saturated rings. The lowest BCUT2D eigenvalue weighted by Gasteiger charge is -2.20. The number of benzene rings is 1. The quantitative estimate of drug-likeness (QED) is 0.900. The zero-order valence-electron chi connectivity index (χ0n) is 10.6. The van der Waals surface area contributed by atoms with Crippen LogP contribution in [0.3, 0.4) is 0 Å². The van der Waals surface area contributed by atoms with E-state index in [1.165, 1.54) is 12.1 Å². The first-order valence-corrected chi connectivity index (χ1v) is 6.05. The minimum absolute atomic E-state index is 0.257. The normalized spacial score (nSPS) is 13.5. The Morgan fingerprint density at radius 2 is 2.16 bits per heavy atom. The highest BCUT2D eigenvalue weighted by Crippen LogP contribution is 2.37. The second-order valence-corrected chi connectivity index (χ2v) is 4.44. The molecule has 1 aromatic heterocycles. The first kappa shape index (κ1) is 11.8. The van der Waals surface area contributed by atoms with Crippen molar-refractivity contribution < 1.29 is 9.13 Å². The molecule has 2 aromatic rings. The fourth-order valence-electron chi connectivity index (χ4n) is 2.34. The van der Waals surface area contributed by atoms with Crippen LogP contribution in [0.25, 0.3) is 0 Å². The molecule has 2 heterocycles. The molecule has 3 rings (SSSR count). The van der Waals surface area contributed by atoms with Crippen LogP contribution in [0.2, 0.25) is 0 Å². The lowest BCUT2D eigenvalue weighted by atomic mass is 10.2. The fraction of sp³-hybridized carbons (Fsp3) is 0.214. The molecule has 19 heavy (non-hydrogen) atoms. The highest BCUT2D eigenvalue weighted by Gasteiger charge is 2.23. The predicted molar refractivity (Wildman–Crippen MR) is 72.3 cm³/mol. The van der Waals surface area contributed by atoms with E-state index in [4.69, 9.17) is 10.5 Å². The summed E-state index contributed by atoms with van der Waals surface area (Å²) in [4.78, 5) is 6.28. The predicted octanol–water partition coefficient (Wildman–Crippen LogP) is 2.51. The largest absolute Gasteiger partial charge is 0.481 e. The van der Waals surface area contributed by atoms with Gasteiger partial charge < -0.3 is 15.4 Å². The molecule has 98 valence electrons. The van der Waals surface area contributed by atoms with Gasteiger partial charge in [0.1, 0.15) is 5.82 Å². The molecule has 2 N–H and O–H groups in total. The topological polar surface area (TPSA) is 51.4 Å². The van der Waals surface area contributed by atoms with E-state index in [9.17, 15) is 4.39 Å². The number of ether oxygens (including phenoxy) is 1. The average molecular weight is 259 g/mol. The van der Waals surface area contributed by atoms with Gasteiger partial charge in [0.05, 0.1) is 12.8 Å². The summed E-state index contributed by atoms with van der Waals surface area (Å²) in [5.74, 6) is 0.852. The van der Waals surface area contributed by atoms with Crippen LogP contribution in [-0.2, 0) is 6.42 Å². The van der Waals surface area contributed by atoms with Crippen molar-refractivity contribution in [1.29, 1.82) is 0 Å². The molecule has 5 heteroatoms. The van der Waals surface area contributed by atoms with Crippen LogP contribution < -0.4 is 15.4 Å². The number of pyridine rings is 1. The van der Waals surface area contributed by atoms with Crippen molar-refractivity contribution in [2.45, 2.75) is 6.42 Å². The van der Waals surface area contributed by atoms with Gasteiger partial charge in [-0.15, -0.1) is 0 Å². The molecule has 0 atom stereocenters. The van der Waals surface area contributed by atoms with E-state index in [0.717, 1.165) is 24.2 Å². The van der Waals surface area contributed by atoms with Gasteiger partial charge >= 0.3 is 0 Å². The van der Waals surface area contributed by atoms with Gasteiger partial charge in [-0.2, -0.15) is 4.98 Å². The molecular weight excluding hydrogens is 245 g/mol. The van der Waals surface area contributed by atoms with Crippen molar-refractivity contribution >= 4 is 17.2 Å². The van der Waals surface area contributed by atoms with Crippen molar-refractivity contribution in [1.82, 2.24) is 4.98 Å². The van der Waals surface area contributed by atoms with Crippen LogP contribution in [-0.4, -0.2) is 18.6 Å². The number of anilines is 3. The number of rotatable bonds is 2. The van der Waals surface area contributed by atoms with E-state index in [1.807, 2.05) is 4.90 Å². The number of methoxy groups -OCH3 is 1. The van der Waals surface area contributed by atoms with E-state index in [1.54, 1.807) is 25.3 Å². The molecule has 0 radical (unpaired) electrons. The maximum absolute atomic E-state index is 13.4. The number of nitrogens with two attached hydrogens (primary N) is 1. The number of nitrogen functional groups attached to an aromatic ring is 1. The maximum atomic E-state index is 13.4. The zero-order valence-corrected chi connectivity index (χ0v) is 10.6. The summed E-state index contributed by atoms with van der Waals surface area (Å²) in [6.45, 7) is 0.739. The van der Waals surface area contributed by atoms with E-state index in [2.05, 4.69) is 4.98 Å². The Balaban J connectivity index is 2.08. The molecule has 4 nitrogen and oxygen atoms in total. The number of hydrogen-bond donors (Lipinski definition) is 1. The minimum Gasteiger partial charge on any atom is -0.481 e. The van der Waals surface area contributed by atoms with Gasteiger partial charge in [-0.1, -0.05) is 6.07 Å². The smallest absolute Gasteiger partial charge is 0.215 e. The minimum atomic E-state index is -0.257. The van der Waals surface area contributed by atoms with Gasteiger partial charge in [-0.25, -0.2) is 4.39 Å². The Bertz CT molecular complexity index is 630.